The summed E-state index contributed by atoms with van der Waals surface area (Å²) in [6.07, 6.45) is 9.41. The van der Waals surface area contributed by atoms with Crippen LogP contribution in [-0.4, -0.2) is 49.8 Å². The molecule has 5 rings (SSSR count). The summed E-state index contributed by atoms with van der Waals surface area (Å²) in [5, 5.41) is 12.1. The standard InChI is InChI=1S/C22H25N9/c1-30-9-6-18(7-10-30)31-14-17(12-26-31)28-22-25-13-19(23)21(29-22)27-16-4-5-20-15(11-16)3-2-8-24-20/h2-5,8,11-14,18H,6-7,9-10,23H2,1H3,(H2,25,27,28,29). The van der Waals surface area contributed by atoms with Gasteiger partial charge in [0.2, 0.25) is 5.95 Å². The Bertz CT molecular complexity index is 1190. The summed E-state index contributed by atoms with van der Waals surface area (Å²) in [7, 11) is 2.16. The fraction of sp³-hybridized carbons (Fsp3) is 0.273. The Morgan fingerprint density at radius 3 is 2.77 bits per heavy atom. The summed E-state index contributed by atoms with van der Waals surface area (Å²) in [6.45, 7) is 2.18. The third kappa shape index (κ3) is 4.26. The van der Waals surface area contributed by atoms with Crippen molar-refractivity contribution in [1.29, 1.82) is 0 Å². The van der Waals surface area contributed by atoms with E-state index in [9.17, 15) is 0 Å². The maximum absolute atomic E-state index is 6.11. The highest BCUT2D eigenvalue weighted by Gasteiger charge is 2.19. The average molecular weight is 416 g/mol. The van der Waals surface area contributed by atoms with E-state index in [1.807, 2.05) is 47.4 Å². The molecule has 9 nitrogen and oxygen atoms in total. The number of likely N-dealkylation sites (tertiary alicyclic amines) is 1. The molecule has 4 heterocycles. The van der Waals surface area contributed by atoms with Gasteiger partial charge < -0.3 is 21.3 Å². The number of rotatable bonds is 5. The smallest absolute Gasteiger partial charge is 0.229 e. The van der Waals surface area contributed by atoms with Crippen molar-refractivity contribution < 1.29 is 0 Å². The zero-order chi connectivity index (χ0) is 21.2. The van der Waals surface area contributed by atoms with Crippen molar-refractivity contribution in [2.24, 2.45) is 0 Å². The first-order valence-electron chi connectivity index (χ1n) is 10.4. The van der Waals surface area contributed by atoms with Crippen LogP contribution in [-0.2, 0) is 0 Å². The second kappa shape index (κ2) is 8.19. The lowest BCUT2D eigenvalue weighted by Crippen LogP contribution is -2.31. The maximum atomic E-state index is 6.11. The van der Waals surface area contributed by atoms with Gasteiger partial charge in [0, 0.05) is 23.5 Å². The summed E-state index contributed by atoms with van der Waals surface area (Å²) in [6, 6.07) is 10.3. The van der Waals surface area contributed by atoms with Crippen molar-refractivity contribution in [2.75, 3.05) is 36.5 Å². The highest BCUT2D eigenvalue weighted by Crippen LogP contribution is 2.26. The fourth-order valence-corrected chi connectivity index (χ4v) is 3.83. The van der Waals surface area contributed by atoms with Crippen molar-refractivity contribution in [1.82, 2.24) is 29.6 Å². The minimum atomic E-state index is 0.429. The molecule has 0 radical (unpaired) electrons. The highest BCUT2D eigenvalue weighted by molar-refractivity contribution is 5.84. The quantitative estimate of drug-likeness (QED) is 0.454. The molecule has 3 aromatic heterocycles. The molecule has 1 fully saturated rings. The molecule has 0 spiro atoms. The first-order chi connectivity index (χ1) is 15.1. The monoisotopic (exact) mass is 415 g/mol. The number of anilines is 5. The summed E-state index contributed by atoms with van der Waals surface area (Å²) in [4.78, 5) is 15.6. The molecule has 0 atom stereocenters. The van der Waals surface area contributed by atoms with E-state index >= 15 is 0 Å². The molecule has 0 saturated carbocycles. The van der Waals surface area contributed by atoms with Crippen LogP contribution in [0.15, 0.2) is 55.1 Å². The lowest BCUT2D eigenvalue weighted by molar-refractivity contribution is 0.212. The van der Waals surface area contributed by atoms with Gasteiger partial charge in [-0.15, -0.1) is 0 Å². The number of nitrogens with zero attached hydrogens (tertiary/aromatic N) is 6. The van der Waals surface area contributed by atoms with Gasteiger partial charge in [-0.2, -0.15) is 10.1 Å². The first-order valence-corrected chi connectivity index (χ1v) is 10.4. The Morgan fingerprint density at radius 1 is 1.03 bits per heavy atom. The summed E-state index contributed by atoms with van der Waals surface area (Å²) in [5.41, 5.74) is 9.25. The lowest BCUT2D eigenvalue weighted by Gasteiger charge is -2.28. The lowest BCUT2D eigenvalue weighted by atomic mass is 10.1. The molecule has 158 valence electrons. The Hall–Kier alpha value is -3.72. The molecule has 0 amide bonds. The van der Waals surface area contributed by atoms with Crippen LogP contribution in [0, 0.1) is 0 Å². The van der Waals surface area contributed by atoms with Gasteiger partial charge in [-0.05, 0) is 57.2 Å². The Morgan fingerprint density at radius 2 is 1.90 bits per heavy atom. The van der Waals surface area contributed by atoms with Crippen LogP contribution in [0.25, 0.3) is 10.9 Å². The van der Waals surface area contributed by atoms with Crippen molar-refractivity contribution in [3.05, 3.63) is 55.1 Å². The molecular weight excluding hydrogens is 390 g/mol. The van der Waals surface area contributed by atoms with E-state index in [1.165, 1.54) is 0 Å². The number of benzene rings is 1. The molecule has 0 unspecified atom stereocenters. The van der Waals surface area contributed by atoms with Crippen LogP contribution in [0.5, 0.6) is 0 Å². The second-order valence-electron chi connectivity index (χ2n) is 7.90. The average Bonchev–Trinajstić information content (AvgIpc) is 3.25. The van der Waals surface area contributed by atoms with Gasteiger partial charge in [-0.3, -0.25) is 9.67 Å². The molecule has 1 aliphatic heterocycles. The Balaban J connectivity index is 1.31. The van der Waals surface area contributed by atoms with Crippen LogP contribution in [0.2, 0.25) is 0 Å². The third-order valence-electron chi connectivity index (χ3n) is 5.60. The number of hydrogen-bond donors (Lipinski definition) is 3. The largest absolute Gasteiger partial charge is 0.394 e. The zero-order valence-electron chi connectivity index (χ0n) is 17.4. The predicted octanol–water partition coefficient (Wildman–Crippen LogP) is 3.56. The zero-order valence-corrected chi connectivity index (χ0v) is 17.4. The highest BCUT2D eigenvalue weighted by atomic mass is 15.3. The van der Waals surface area contributed by atoms with E-state index in [-0.39, 0.29) is 0 Å². The number of nitrogen functional groups attached to an aromatic ring is 1. The van der Waals surface area contributed by atoms with Gasteiger partial charge in [0.1, 0.15) is 0 Å². The van der Waals surface area contributed by atoms with Crippen LogP contribution in [0.1, 0.15) is 18.9 Å². The Labute approximate surface area is 180 Å². The van der Waals surface area contributed by atoms with E-state index in [0.29, 0.717) is 23.5 Å². The molecule has 31 heavy (non-hydrogen) atoms. The number of nitrogens with two attached hydrogens (primary N) is 1. The van der Waals surface area contributed by atoms with E-state index in [1.54, 1.807) is 12.4 Å². The molecule has 4 N–H and O–H groups in total. The van der Waals surface area contributed by atoms with E-state index in [2.05, 4.69) is 42.6 Å². The number of fused-ring (bicyclic) bond motifs is 1. The molecule has 0 aliphatic carbocycles. The predicted molar refractivity (Wildman–Crippen MR) is 123 cm³/mol. The minimum absolute atomic E-state index is 0.429. The number of nitrogens with one attached hydrogen (secondary N) is 2. The van der Waals surface area contributed by atoms with Gasteiger partial charge in [-0.1, -0.05) is 6.07 Å². The van der Waals surface area contributed by atoms with Gasteiger partial charge in [-0.25, -0.2) is 4.98 Å². The van der Waals surface area contributed by atoms with Crippen LogP contribution in [0.3, 0.4) is 0 Å². The maximum Gasteiger partial charge on any atom is 0.229 e. The first kappa shape index (κ1) is 19.3. The van der Waals surface area contributed by atoms with Crippen molar-refractivity contribution in [2.45, 2.75) is 18.9 Å². The van der Waals surface area contributed by atoms with Crippen LogP contribution < -0.4 is 16.4 Å². The molecular formula is C22H25N9. The van der Waals surface area contributed by atoms with Gasteiger partial charge in [0.25, 0.3) is 0 Å². The van der Waals surface area contributed by atoms with Crippen molar-refractivity contribution >= 4 is 39.7 Å². The van der Waals surface area contributed by atoms with E-state index in [4.69, 9.17) is 5.73 Å². The van der Waals surface area contributed by atoms with Gasteiger partial charge in [0.05, 0.1) is 35.3 Å². The molecule has 0 bridgehead atoms. The number of piperidine rings is 1. The normalized spacial score (nSPS) is 15.3. The van der Waals surface area contributed by atoms with Crippen LogP contribution in [0.4, 0.5) is 28.8 Å². The molecule has 1 aliphatic rings. The third-order valence-corrected chi connectivity index (χ3v) is 5.60. The summed E-state index contributed by atoms with van der Waals surface area (Å²) < 4.78 is 2.04. The topological polar surface area (TPSA) is 110 Å². The summed E-state index contributed by atoms with van der Waals surface area (Å²) >= 11 is 0. The van der Waals surface area contributed by atoms with E-state index in [0.717, 1.165) is 48.2 Å². The molecule has 4 aromatic rings. The van der Waals surface area contributed by atoms with Crippen molar-refractivity contribution in [3.63, 3.8) is 0 Å². The number of aromatic nitrogens is 5. The molecule has 1 saturated heterocycles. The number of hydrogen-bond acceptors (Lipinski definition) is 8. The Kier molecular flexibility index (Phi) is 5.09. The molecule has 9 heteroatoms. The van der Waals surface area contributed by atoms with Crippen molar-refractivity contribution in [3.8, 4) is 0 Å². The minimum Gasteiger partial charge on any atom is -0.394 e. The van der Waals surface area contributed by atoms with Gasteiger partial charge in [0.15, 0.2) is 5.82 Å². The summed E-state index contributed by atoms with van der Waals surface area (Å²) in [5.74, 6) is 1.01. The molecule has 1 aromatic carbocycles. The van der Waals surface area contributed by atoms with Gasteiger partial charge >= 0.3 is 0 Å². The number of pyridine rings is 1. The van der Waals surface area contributed by atoms with E-state index < -0.39 is 0 Å². The van der Waals surface area contributed by atoms with Crippen LogP contribution >= 0.6 is 0 Å². The SMILES string of the molecule is CN1CCC(n2cc(Nc3ncc(N)c(Nc4ccc5ncccc5c4)n3)cn2)CC1. The fourth-order valence-electron chi connectivity index (χ4n) is 3.83. The second-order valence-corrected chi connectivity index (χ2v) is 7.90.